The lowest BCUT2D eigenvalue weighted by atomic mass is 10.2. The van der Waals surface area contributed by atoms with Crippen molar-refractivity contribution in [1.29, 1.82) is 0 Å². The van der Waals surface area contributed by atoms with Gasteiger partial charge >= 0.3 is 0 Å². The molecule has 0 fully saturated rings. The van der Waals surface area contributed by atoms with Crippen molar-refractivity contribution in [1.82, 2.24) is 4.90 Å². The second-order valence-electron chi connectivity index (χ2n) is 5.42. The molecule has 1 N–H and O–H groups in total. The molecule has 0 radical (unpaired) electrons. The molecule has 2 aromatic carbocycles. The summed E-state index contributed by atoms with van der Waals surface area (Å²) in [5.74, 6) is 0.540. The van der Waals surface area contributed by atoms with E-state index in [0.29, 0.717) is 13.1 Å². The quantitative estimate of drug-likeness (QED) is 0.850. The van der Waals surface area contributed by atoms with Crippen LogP contribution in [-0.4, -0.2) is 30.4 Å². The van der Waals surface area contributed by atoms with E-state index in [0.717, 1.165) is 17.0 Å². The maximum atomic E-state index is 12.0. The molecule has 2 aromatic rings. The molecule has 0 bridgehead atoms. The van der Waals surface area contributed by atoms with Crippen LogP contribution in [0.25, 0.3) is 0 Å². The van der Waals surface area contributed by atoms with Crippen LogP contribution in [0.1, 0.15) is 18.9 Å². The number of carbonyl (C=O) groups excluding carboxylic acids is 2. The van der Waals surface area contributed by atoms with E-state index in [-0.39, 0.29) is 18.2 Å². The molecule has 2 amide bonds. The Morgan fingerprint density at radius 2 is 1.71 bits per heavy atom. The molecule has 0 unspecified atom stereocenters. The van der Waals surface area contributed by atoms with Gasteiger partial charge in [-0.05, 0) is 18.2 Å². The molecule has 0 aliphatic rings. The van der Waals surface area contributed by atoms with Gasteiger partial charge in [0, 0.05) is 37.7 Å². The number of anilines is 1. The number of rotatable bonds is 7. The fraction of sp³-hybridized carbons (Fsp3) is 0.263. The van der Waals surface area contributed by atoms with Crippen LogP contribution in [0, 0.1) is 0 Å². The summed E-state index contributed by atoms with van der Waals surface area (Å²) in [4.78, 5) is 25.6. The van der Waals surface area contributed by atoms with E-state index in [9.17, 15) is 9.59 Å². The van der Waals surface area contributed by atoms with Crippen molar-refractivity contribution >= 4 is 17.5 Å². The van der Waals surface area contributed by atoms with Crippen molar-refractivity contribution in [3.8, 4) is 5.75 Å². The molecule has 126 valence electrons. The highest BCUT2D eigenvalue weighted by Crippen LogP contribution is 2.19. The van der Waals surface area contributed by atoms with Gasteiger partial charge in [-0.25, -0.2) is 0 Å². The van der Waals surface area contributed by atoms with Crippen LogP contribution >= 0.6 is 0 Å². The lowest BCUT2D eigenvalue weighted by molar-refractivity contribution is -0.129. The largest absolute Gasteiger partial charge is 0.496 e. The molecule has 2 rings (SSSR count). The molecule has 0 atom stereocenters. The third-order valence-electron chi connectivity index (χ3n) is 3.67. The average Bonchev–Trinajstić information content (AvgIpc) is 2.59. The maximum Gasteiger partial charge on any atom is 0.226 e. The number of methoxy groups -OCH3 is 1. The molecule has 0 saturated heterocycles. The first-order valence-electron chi connectivity index (χ1n) is 7.82. The summed E-state index contributed by atoms with van der Waals surface area (Å²) < 4.78 is 5.31. The first-order chi connectivity index (χ1) is 11.6. The summed E-state index contributed by atoms with van der Waals surface area (Å²) in [6.07, 6.45) is 0.240. The van der Waals surface area contributed by atoms with Gasteiger partial charge in [-0.15, -0.1) is 0 Å². The van der Waals surface area contributed by atoms with Crippen LogP contribution in [0.15, 0.2) is 54.6 Å². The van der Waals surface area contributed by atoms with E-state index in [4.69, 9.17) is 4.74 Å². The number of nitrogens with zero attached hydrogens (tertiary/aromatic N) is 1. The monoisotopic (exact) mass is 326 g/mol. The number of benzene rings is 2. The minimum Gasteiger partial charge on any atom is -0.496 e. The first kappa shape index (κ1) is 17.5. The molecule has 0 spiro atoms. The minimum atomic E-state index is -0.118. The normalized spacial score (nSPS) is 10.1. The molecule has 0 aliphatic heterocycles. The van der Waals surface area contributed by atoms with Crippen molar-refractivity contribution in [3.63, 3.8) is 0 Å². The van der Waals surface area contributed by atoms with Crippen molar-refractivity contribution < 1.29 is 14.3 Å². The second-order valence-corrected chi connectivity index (χ2v) is 5.42. The Kier molecular flexibility index (Phi) is 6.37. The minimum absolute atomic E-state index is 0.0755. The SMILES string of the molecule is COc1ccccc1CN(CCC(=O)Nc1ccccc1)C(C)=O. The topological polar surface area (TPSA) is 58.6 Å². The molecule has 5 heteroatoms. The highest BCUT2D eigenvalue weighted by Gasteiger charge is 2.14. The van der Waals surface area contributed by atoms with Gasteiger partial charge in [-0.1, -0.05) is 36.4 Å². The molecule has 5 nitrogen and oxygen atoms in total. The third kappa shape index (κ3) is 5.12. The molecular formula is C19H22N2O3. The Hall–Kier alpha value is -2.82. The van der Waals surface area contributed by atoms with Gasteiger partial charge in [-0.3, -0.25) is 9.59 Å². The van der Waals surface area contributed by atoms with Crippen LogP contribution < -0.4 is 10.1 Å². The number of carbonyl (C=O) groups is 2. The number of ether oxygens (including phenoxy) is 1. The van der Waals surface area contributed by atoms with E-state index in [1.54, 1.807) is 12.0 Å². The number of amides is 2. The zero-order valence-electron chi connectivity index (χ0n) is 14.0. The van der Waals surface area contributed by atoms with Gasteiger partial charge in [0.05, 0.1) is 7.11 Å². The molecule has 0 heterocycles. The first-order valence-corrected chi connectivity index (χ1v) is 7.82. The van der Waals surface area contributed by atoms with E-state index >= 15 is 0 Å². The molecule has 0 saturated carbocycles. The Bertz CT molecular complexity index is 686. The van der Waals surface area contributed by atoms with Gasteiger partial charge in [0.1, 0.15) is 5.75 Å². The van der Waals surface area contributed by atoms with Crippen molar-refractivity contribution in [3.05, 3.63) is 60.2 Å². The van der Waals surface area contributed by atoms with Gasteiger partial charge < -0.3 is 15.0 Å². The molecular weight excluding hydrogens is 304 g/mol. The highest BCUT2D eigenvalue weighted by atomic mass is 16.5. The fourth-order valence-electron chi connectivity index (χ4n) is 2.37. The third-order valence-corrected chi connectivity index (χ3v) is 3.67. The van der Waals surface area contributed by atoms with E-state index in [1.165, 1.54) is 6.92 Å². The number of hydrogen-bond donors (Lipinski definition) is 1. The predicted octanol–water partition coefficient (Wildman–Crippen LogP) is 3.07. The lowest BCUT2D eigenvalue weighted by Gasteiger charge is -2.22. The van der Waals surface area contributed by atoms with Gasteiger partial charge in [0.15, 0.2) is 0 Å². The average molecular weight is 326 g/mol. The van der Waals surface area contributed by atoms with E-state index in [2.05, 4.69) is 5.32 Å². The number of nitrogens with one attached hydrogen (secondary N) is 1. The summed E-state index contributed by atoms with van der Waals surface area (Å²) >= 11 is 0. The Balaban J connectivity index is 1.94. The van der Waals surface area contributed by atoms with Crippen molar-refractivity contribution in [2.45, 2.75) is 19.9 Å². The molecule has 24 heavy (non-hydrogen) atoms. The standard InChI is InChI=1S/C19H22N2O3/c1-15(22)21(14-16-8-6-7-11-18(16)24-2)13-12-19(23)20-17-9-4-3-5-10-17/h3-11H,12-14H2,1-2H3,(H,20,23). The van der Waals surface area contributed by atoms with Crippen LogP contribution in [-0.2, 0) is 16.1 Å². The maximum absolute atomic E-state index is 12.0. The van der Waals surface area contributed by atoms with E-state index < -0.39 is 0 Å². The van der Waals surface area contributed by atoms with Crippen LogP contribution in [0.5, 0.6) is 5.75 Å². The Morgan fingerprint density at radius 3 is 2.38 bits per heavy atom. The van der Waals surface area contributed by atoms with Crippen molar-refractivity contribution in [2.75, 3.05) is 19.0 Å². The summed E-state index contributed by atoms with van der Waals surface area (Å²) in [6, 6.07) is 16.8. The summed E-state index contributed by atoms with van der Waals surface area (Å²) in [5, 5.41) is 2.82. The van der Waals surface area contributed by atoms with Gasteiger partial charge in [0.25, 0.3) is 0 Å². The predicted molar refractivity (Wildman–Crippen MR) is 93.8 cm³/mol. The Labute approximate surface area is 142 Å². The number of para-hydroxylation sites is 2. The van der Waals surface area contributed by atoms with Gasteiger partial charge in [-0.2, -0.15) is 0 Å². The summed E-state index contributed by atoms with van der Waals surface area (Å²) in [6.45, 7) is 2.27. The highest BCUT2D eigenvalue weighted by molar-refractivity contribution is 5.91. The summed E-state index contributed by atoms with van der Waals surface area (Å²) in [5.41, 5.74) is 1.67. The van der Waals surface area contributed by atoms with Crippen LogP contribution in [0.3, 0.4) is 0 Å². The van der Waals surface area contributed by atoms with Crippen molar-refractivity contribution in [2.24, 2.45) is 0 Å². The lowest BCUT2D eigenvalue weighted by Crippen LogP contribution is -2.31. The Morgan fingerprint density at radius 1 is 1.04 bits per heavy atom. The molecule has 0 aliphatic carbocycles. The van der Waals surface area contributed by atoms with E-state index in [1.807, 2.05) is 54.6 Å². The zero-order valence-corrected chi connectivity index (χ0v) is 14.0. The summed E-state index contributed by atoms with van der Waals surface area (Å²) in [7, 11) is 1.60. The molecule has 0 aromatic heterocycles. The second kappa shape index (κ2) is 8.72. The zero-order chi connectivity index (χ0) is 17.4. The number of hydrogen-bond acceptors (Lipinski definition) is 3. The van der Waals surface area contributed by atoms with Gasteiger partial charge in [0.2, 0.25) is 11.8 Å². The van der Waals surface area contributed by atoms with Crippen LogP contribution in [0.4, 0.5) is 5.69 Å². The smallest absolute Gasteiger partial charge is 0.226 e. The fourth-order valence-corrected chi connectivity index (χ4v) is 2.37. The van der Waals surface area contributed by atoms with Crippen LogP contribution in [0.2, 0.25) is 0 Å².